The van der Waals surface area contributed by atoms with Crippen LogP contribution in [0.5, 0.6) is 0 Å². The second-order valence-electron chi connectivity index (χ2n) is 6.47. The zero-order valence-electron chi connectivity index (χ0n) is 15.4. The highest BCUT2D eigenvalue weighted by atomic mass is 16.4. The third kappa shape index (κ3) is 3.45. The lowest BCUT2D eigenvalue weighted by Crippen LogP contribution is -2.31. The number of aromatic amines is 1. The smallest absolute Gasteiger partial charge is 0.336 e. The van der Waals surface area contributed by atoms with Gasteiger partial charge in [-0.15, -0.1) is 0 Å². The molecule has 0 aliphatic carbocycles. The quantitative estimate of drug-likeness (QED) is 0.510. The number of H-pyrrole nitrogens is 1. The second kappa shape index (κ2) is 7.19. The molecule has 1 aromatic carbocycles. The predicted molar refractivity (Wildman–Crippen MR) is 107 cm³/mol. The fourth-order valence-electron chi connectivity index (χ4n) is 3.08. The number of nitrogens with zero attached hydrogens (tertiary/aromatic N) is 2. The van der Waals surface area contributed by atoms with Crippen LogP contribution < -0.4 is 22.2 Å². The van der Waals surface area contributed by atoms with Gasteiger partial charge in [0.1, 0.15) is 11.2 Å². The van der Waals surface area contributed by atoms with E-state index in [1.807, 2.05) is 6.92 Å². The summed E-state index contributed by atoms with van der Waals surface area (Å²) in [6, 6.07) is 9.14. The van der Waals surface area contributed by atoms with Crippen LogP contribution in [0.25, 0.3) is 22.0 Å². The number of hydrogen-bond donors (Lipinski definition) is 2. The van der Waals surface area contributed by atoms with Crippen molar-refractivity contribution < 1.29 is 9.21 Å². The van der Waals surface area contributed by atoms with Crippen molar-refractivity contribution in [3.05, 3.63) is 79.4 Å². The number of carbonyl (C=O) groups is 1. The first-order chi connectivity index (χ1) is 14.0. The van der Waals surface area contributed by atoms with Gasteiger partial charge < -0.3 is 9.73 Å². The minimum Gasteiger partial charge on any atom is -0.423 e. The summed E-state index contributed by atoms with van der Waals surface area (Å²) < 4.78 is 6.43. The van der Waals surface area contributed by atoms with Gasteiger partial charge in [-0.2, -0.15) is 0 Å². The Labute approximate surface area is 162 Å². The maximum absolute atomic E-state index is 12.6. The summed E-state index contributed by atoms with van der Waals surface area (Å²) in [7, 11) is 0. The van der Waals surface area contributed by atoms with Crippen LogP contribution in [0.4, 0.5) is 5.69 Å². The van der Waals surface area contributed by atoms with Crippen LogP contribution in [0.2, 0.25) is 0 Å². The molecule has 0 aliphatic rings. The first-order valence-electron chi connectivity index (χ1n) is 8.94. The molecule has 29 heavy (non-hydrogen) atoms. The van der Waals surface area contributed by atoms with E-state index in [1.54, 1.807) is 24.3 Å². The van der Waals surface area contributed by atoms with Crippen LogP contribution in [0.15, 0.2) is 61.4 Å². The van der Waals surface area contributed by atoms with Gasteiger partial charge in [-0.1, -0.05) is 6.92 Å². The zero-order valence-corrected chi connectivity index (χ0v) is 15.4. The normalized spacial score (nSPS) is 11.1. The van der Waals surface area contributed by atoms with Gasteiger partial charge in [0.25, 0.3) is 11.5 Å². The number of anilines is 1. The van der Waals surface area contributed by atoms with Gasteiger partial charge in [0.05, 0.1) is 10.9 Å². The lowest BCUT2D eigenvalue weighted by molar-refractivity contribution is 0.102. The SMILES string of the molecule is CCCn1c(=O)[nH]c(=O)c2cc(C(=O)Nc3ccc4oc(=O)ccc4c3)cnc21. The summed E-state index contributed by atoms with van der Waals surface area (Å²) >= 11 is 0. The van der Waals surface area contributed by atoms with Crippen LogP contribution in [0.3, 0.4) is 0 Å². The number of pyridine rings is 1. The Kier molecular flexibility index (Phi) is 4.55. The molecular formula is C20H16N4O5. The summed E-state index contributed by atoms with van der Waals surface area (Å²) in [4.78, 5) is 54.5. The Morgan fingerprint density at radius 1 is 1.17 bits per heavy atom. The number of nitrogens with one attached hydrogen (secondary N) is 2. The minimum absolute atomic E-state index is 0.158. The van der Waals surface area contributed by atoms with Crippen LogP contribution in [-0.2, 0) is 6.54 Å². The van der Waals surface area contributed by atoms with Crippen molar-refractivity contribution in [1.29, 1.82) is 0 Å². The van der Waals surface area contributed by atoms with Gasteiger partial charge in [0.15, 0.2) is 0 Å². The van der Waals surface area contributed by atoms with Crippen molar-refractivity contribution in [1.82, 2.24) is 14.5 Å². The van der Waals surface area contributed by atoms with Gasteiger partial charge in [-0.3, -0.25) is 19.1 Å². The van der Waals surface area contributed by atoms with Crippen molar-refractivity contribution in [3.8, 4) is 0 Å². The van der Waals surface area contributed by atoms with E-state index >= 15 is 0 Å². The first kappa shape index (κ1) is 18.4. The fourth-order valence-corrected chi connectivity index (χ4v) is 3.08. The molecule has 0 saturated heterocycles. The summed E-state index contributed by atoms with van der Waals surface area (Å²) in [5.74, 6) is -0.469. The molecule has 2 N–H and O–H groups in total. The highest BCUT2D eigenvalue weighted by Crippen LogP contribution is 2.18. The molecule has 0 spiro atoms. The van der Waals surface area contributed by atoms with E-state index in [4.69, 9.17) is 4.42 Å². The summed E-state index contributed by atoms with van der Waals surface area (Å²) in [5, 5.41) is 3.53. The van der Waals surface area contributed by atoms with Gasteiger partial charge >= 0.3 is 11.3 Å². The van der Waals surface area contributed by atoms with E-state index in [0.29, 0.717) is 29.6 Å². The van der Waals surface area contributed by atoms with Crippen molar-refractivity contribution in [2.24, 2.45) is 0 Å². The third-order valence-corrected chi connectivity index (χ3v) is 4.42. The number of hydrogen-bond acceptors (Lipinski definition) is 6. The number of rotatable bonds is 4. The predicted octanol–water partition coefficient (Wildman–Crippen LogP) is 1.85. The zero-order chi connectivity index (χ0) is 20.5. The molecule has 9 nitrogen and oxygen atoms in total. The highest BCUT2D eigenvalue weighted by Gasteiger charge is 2.13. The molecule has 0 saturated carbocycles. The average molecular weight is 392 g/mol. The number of carbonyl (C=O) groups excluding carboxylic acids is 1. The van der Waals surface area contributed by atoms with Crippen LogP contribution >= 0.6 is 0 Å². The molecular weight excluding hydrogens is 376 g/mol. The van der Waals surface area contributed by atoms with Gasteiger partial charge in [-0.25, -0.2) is 14.6 Å². The summed E-state index contributed by atoms with van der Waals surface area (Å²) in [5.41, 5.74) is -0.285. The van der Waals surface area contributed by atoms with E-state index in [9.17, 15) is 19.2 Å². The second-order valence-corrected chi connectivity index (χ2v) is 6.47. The summed E-state index contributed by atoms with van der Waals surface area (Å²) in [6.45, 7) is 2.30. The van der Waals surface area contributed by atoms with Crippen molar-refractivity contribution >= 4 is 33.6 Å². The Bertz CT molecular complexity index is 1430. The maximum atomic E-state index is 12.6. The van der Waals surface area contributed by atoms with E-state index in [2.05, 4.69) is 15.3 Å². The third-order valence-electron chi connectivity index (χ3n) is 4.42. The Hall–Kier alpha value is -4.01. The molecule has 1 amide bonds. The first-order valence-corrected chi connectivity index (χ1v) is 8.94. The van der Waals surface area contributed by atoms with E-state index in [-0.39, 0.29) is 16.6 Å². The van der Waals surface area contributed by atoms with Crippen molar-refractivity contribution in [2.75, 3.05) is 5.32 Å². The summed E-state index contributed by atoms with van der Waals surface area (Å²) in [6.07, 6.45) is 2.01. The van der Waals surface area contributed by atoms with E-state index in [0.717, 1.165) is 0 Å². The maximum Gasteiger partial charge on any atom is 0.336 e. The molecule has 0 radical (unpaired) electrons. The molecule has 0 atom stereocenters. The van der Waals surface area contributed by atoms with Gasteiger partial charge in [0.2, 0.25) is 0 Å². The Morgan fingerprint density at radius 2 is 2.00 bits per heavy atom. The number of aromatic nitrogens is 3. The molecule has 0 unspecified atom stereocenters. The molecule has 3 aromatic heterocycles. The van der Waals surface area contributed by atoms with Crippen molar-refractivity contribution in [3.63, 3.8) is 0 Å². The monoisotopic (exact) mass is 392 g/mol. The number of fused-ring (bicyclic) bond motifs is 2. The standard InChI is InChI=1S/C20H16N4O5/c1-2-7-24-17-14(19(27)23-20(24)28)9-12(10-21-17)18(26)22-13-4-5-15-11(8-13)3-6-16(25)29-15/h3-6,8-10H,2,7H2,1H3,(H,22,26)(H,23,27,28). The largest absolute Gasteiger partial charge is 0.423 e. The van der Waals surface area contributed by atoms with Gasteiger partial charge in [0, 0.05) is 29.9 Å². The molecule has 9 heteroatoms. The molecule has 146 valence electrons. The number of amides is 1. The Balaban J connectivity index is 1.70. The van der Waals surface area contributed by atoms with E-state index in [1.165, 1.54) is 22.9 Å². The molecule has 0 fully saturated rings. The van der Waals surface area contributed by atoms with Crippen LogP contribution in [0, 0.1) is 0 Å². The van der Waals surface area contributed by atoms with Gasteiger partial charge in [-0.05, 0) is 36.8 Å². The minimum atomic E-state index is -0.597. The van der Waals surface area contributed by atoms with Crippen molar-refractivity contribution in [2.45, 2.75) is 19.9 Å². The average Bonchev–Trinajstić information content (AvgIpc) is 2.71. The lowest BCUT2D eigenvalue weighted by atomic mass is 10.2. The number of aryl methyl sites for hydroxylation is 1. The lowest BCUT2D eigenvalue weighted by Gasteiger charge is -2.09. The molecule has 0 aliphatic heterocycles. The molecule has 0 bridgehead atoms. The highest BCUT2D eigenvalue weighted by molar-refractivity contribution is 6.06. The fraction of sp³-hybridized carbons (Fsp3) is 0.150. The van der Waals surface area contributed by atoms with Crippen LogP contribution in [0.1, 0.15) is 23.7 Å². The molecule has 4 rings (SSSR count). The molecule has 3 heterocycles. The molecule has 4 aromatic rings. The van der Waals surface area contributed by atoms with Crippen LogP contribution in [-0.4, -0.2) is 20.4 Å². The number of benzene rings is 1. The topological polar surface area (TPSA) is 127 Å². The Morgan fingerprint density at radius 3 is 2.79 bits per heavy atom. The van der Waals surface area contributed by atoms with E-state index < -0.39 is 22.8 Å².